The second kappa shape index (κ2) is 6.39. The lowest BCUT2D eigenvalue weighted by Crippen LogP contribution is -2.60. The van der Waals surface area contributed by atoms with Gasteiger partial charge in [-0.3, -0.25) is 4.79 Å². The molecule has 0 radical (unpaired) electrons. The molecule has 0 saturated carbocycles. The van der Waals surface area contributed by atoms with Gasteiger partial charge < -0.3 is 20.1 Å². The molecule has 2 aliphatic rings. The average molecular weight is 355 g/mol. The van der Waals surface area contributed by atoms with E-state index in [9.17, 15) is 4.79 Å². The molecule has 2 aromatic rings. The van der Waals surface area contributed by atoms with Crippen LogP contribution in [0.1, 0.15) is 26.7 Å². The van der Waals surface area contributed by atoms with Gasteiger partial charge in [-0.1, -0.05) is 49.3 Å². The van der Waals surface area contributed by atoms with Crippen molar-refractivity contribution in [1.82, 2.24) is 20.8 Å². The maximum atomic E-state index is 12.7. The van der Waals surface area contributed by atoms with E-state index < -0.39 is 5.54 Å². The lowest BCUT2D eigenvalue weighted by Gasteiger charge is -2.39. The SMILES string of the molecule is CC1(C)CNC(=O)C2(CCN(c3nc(-c4ccccc4)no3)CC2)NC1. The van der Waals surface area contributed by atoms with Crippen molar-refractivity contribution >= 4 is 11.9 Å². The first kappa shape index (κ1) is 17.0. The van der Waals surface area contributed by atoms with E-state index in [0.29, 0.717) is 31.5 Å². The molecule has 26 heavy (non-hydrogen) atoms. The van der Waals surface area contributed by atoms with E-state index >= 15 is 0 Å². The Morgan fingerprint density at radius 3 is 2.58 bits per heavy atom. The molecule has 0 bridgehead atoms. The summed E-state index contributed by atoms with van der Waals surface area (Å²) in [7, 11) is 0. The monoisotopic (exact) mass is 355 g/mol. The molecular formula is C19H25N5O2. The summed E-state index contributed by atoms with van der Waals surface area (Å²) in [5.41, 5.74) is 0.503. The van der Waals surface area contributed by atoms with E-state index in [4.69, 9.17) is 4.52 Å². The summed E-state index contributed by atoms with van der Waals surface area (Å²) in [6.07, 6.45) is 1.44. The Kier molecular flexibility index (Phi) is 4.19. The first-order valence-electron chi connectivity index (χ1n) is 9.15. The number of rotatable bonds is 2. The van der Waals surface area contributed by atoms with Gasteiger partial charge in [-0.05, 0) is 18.3 Å². The van der Waals surface area contributed by atoms with Gasteiger partial charge in [0.25, 0.3) is 0 Å². The number of benzene rings is 1. The van der Waals surface area contributed by atoms with Crippen molar-refractivity contribution in [3.05, 3.63) is 30.3 Å². The van der Waals surface area contributed by atoms with Crippen LogP contribution in [0.3, 0.4) is 0 Å². The highest BCUT2D eigenvalue weighted by molar-refractivity contribution is 5.87. The van der Waals surface area contributed by atoms with Gasteiger partial charge in [-0.2, -0.15) is 4.98 Å². The second-order valence-electron chi connectivity index (χ2n) is 8.04. The highest BCUT2D eigenvalue weighted by Crippen LogP contribution is 2.30. The Balaban J connectivity index is 1.45. The molecule has 3 heterocycles. The Bertz CT molecular complexity index is 778. The van der Waals surface area contributed by atoms with Crippen molar-refractivity contribution < 1.29 is 9.32 Å². The number of hydrogen-bond donors (Lipinski definition) is 2. The average Bonchev–Trinajstić information content (AvgIpc) is 3.12. The predicted molar refractivity (Wildman–Crippen MR) is 98.7 cm³/mol. The number of anilines is 1. The predicted octanol–water partition coefficient (Wildman–Crippen LogP) is 1.82. The van der Waals surface area contributed by atoms with Gasteiger partial charge in [0.15, 0.2) is 0 Å². The van der Waals surface area contributed by atoms with Crippen LogP contribution in [-0.4, -0.2) is 47.8 Å². The summed E-state index contributed by atoms with van der Waals surface area (Å²) in [4.78, 5) is 19.3. The minimum atomic E-state index is -0.494. The lowest BCUT2D eigenvalue weighted by atomic mass is 9.86. The fraction of sp³-hybridized carbons (Fsp3) is 0.526. The van der Waals surface area contributed by atoms with E-state index in [1.807, 2.05) is 30.3 Å². The van der Waals surface area contributed by atoms with Crippen LogP contribution in [0.5, 0.6) is 0 Å². The fourth-order valence-electron chi connectivity index (χ4n) is 3.57. The van der Waals surface area contributed by atoms with E-state index in [1.165, 1.54) is 0 Å². The van der Waals surface area contributed by atoms with Crippen LogP contribution in [0.4, 0.5) is 6.01 Å². The number of carbonyl (C=O) groups is 1. The minimum Gasteiger partial charge on any atom is -0.354 e. The Morgan fingerprint density at radius 2 is 1.85 bits per heavy atom. The van der Waals surface area contributed by atoms with Gasteiger partial charge in [0.1, 0.15) is 5.54 Å². The van der Waals surface area contributed by atoms with Gasteiger partial charge in [0.2, 0.25) is 11.7 Å². The van der Waals surface area contributed by atoms with Crippen LogP contribution in [0.15, 0.2) is 34.9 Å². The molecule has 0 aliphatic carbocycles. The number of aromatic nitrogens is 2. The van der Waals surface area contributed by atoms with E-state index in [-0.39, 0.29) is 11.3 Å². The van der Waals surface area contributed by atoms with Gasteiger partial charge in [0.05, 0.1) is 0 Å². The molecule has 1 aromatic carbocycles. The van der Waals surface area contributed by atoms with Gasteiger partial charge in [-0.15, -0.1) is 0 Å². The Labute approximate surface area is 153 Å². The molecule has 4 rings (SSSR count). The summed E-state index contributed by atoms with van der Waals surface area (Å²) in [6.45, 7) is 7.27. The summed E-state index contributed by atoms with van der Waals surface area (Å²) in [5, 5.41) is 10.7. The molecule has 2 aliphatic heterocycles. The summed E-state index contributed by atoms with van der Waals surface area (Å²) >= 11 is 0. The topological polar surface area (TPSA) is 83.3 Å². The molecule has 138 valence electrons. The van der Waals surface area contributed by atoms with Gasteiger partial charge >= 0.3 is 6.01 Å². The van der Waals surface area contributed by atoms with Crippen LogP contribution in [0.25, 0.3) is 11.4 Å². The van der Waals surface area contributed by atoms with Crippen molar-refractivity contribution in [2.24, 2.45) is 5.41 Å². The molecule has 2 N–H and O–H groups in total. The van der Waals surface area contributed by atoms with Crippen molar-refractivity contribution in [3.63, 3.8) is 0 Å². The van der Waals surface area contributed by atoms with Crippen molar-refractivity contribution in [3.8, 4) is 11.4 Å². The molecule has 0 atom stereocenters. The molecule has 1 spiro atoms. The number of hydrogen-bond acceptors (Lipinski definition) is 6. The van der Waals surface area contributed by atoms with Gasteiger partial charge in [0, 0.05) is 31.7 Å². The number of piperidine rings is 1. The number of amides is 1. The van der Waals surface area contributed by atoms with Gasteiger partial charge in [-0.25, -0.2) is 0 Å². The zero-order valence-corrected chi connectivity index (χ0v) is 15.3. The molecular weight excluding hydrogens is 330 g/mol. The van der Waals surface area contributed by atoms with E-state index in [1.54, 1.807) is 0 Å². The smallest absolute Gasteiger partial charge is 0.324 e. The third kappa shape index (κ3) is 3.19. The van der Waals surface area contributed by atoms with Crippen LogP contribution in [0.2, 0.25) is 0 Å². The zero-order chi connectivity index (χ0) is 18.2. The second-order valence-corrected chi connectivity index (χ2v) is 8.04. The van der Waals surface area contributed by atoms with Crippen molar-refractivity contribution in [1.29, 1.82) is 0 Å². The molecule has 1 amide bonds. The van der Waals surface area contributed by atoms with Crippen LogP contribution in [-0.2, 0) is 4.79 Å². The van der Waals surface area contributed by atoms with Crippen molar-refractivity contribution in [2.75, 3.05) is 31.1 Å². The lowest BCUT2D eigenvalue weighted by molar-refractivity contribution is -0.127. The largest absolute Gasteiger partial charge is 0.354 e. The normalized spacial score (nSPS) is 22.1. The summed E-state index contributed by atoms with van der Waals surface area (Å²) in [6, 6.07) is 10.3. The quantitative estimate of drug-likeness (QED) is 0.855. The molecule has 7 nitrogen and oxygen atoms in total. The number of carbonyl (C=O) groups excluding carboxylic acids is 1. The van der Waals surface area contributed by atoms with Crippen LogP contribution in [0, 0.1) is 5.41 Å². The maximum absolute atomic E-state index is 12.7. The zero-order valence-electron chi connectivity index (χ0n) is 15.3. The Morgan fingerprint density at radius 1 is 1.12 bits per heavy atom. The Hall–Kier alpha value is -2.41. The third-order valence-electron chi connectivity index (χ3n) is 5.40. The van der Waals surface area contributed by atoms with Crippen LogP contribution >= 0.6 is 0 Å². The number of nitrogens with zero attached hydrogens (tertiary/aromatic N) is 3. The van der Waals surface area contributed by atoms with Crippen molar-refractivity contribution in [2.45, 2.75) is 32.2 Å². The first-order chi connectivity index (χ1) is 12.5. The van der Waals surface area contributed by atoms with E-state index in [0.717, 1.165) is 24.9 Å². The fourth-order valence-corrected chi connectivity index (χ4v) is 3.57. The molecule has 7 heteroatoms. The minimum absolute atomic E-state index is 0.0629. The molecule has 1 aromatic heterocycles. The van der Waals surface area contributed by atoms with E-state index in [2.05, 4.69) is 39.5 Å². The number of nitrogens with one attached hydrogen (secondary N) is 2. The highest BCUT2D eigenvalue weighted by Gasteiger charge is 2.44. The molecule has 2 fully saturated rings. The maximum Gasteiger partial charge on any atom is 0.324 e. The molecule has 2 saturated heterocycles. The highest BCUT2D eigenvalue weighted by atomic mass is 16.5. The summed E-state index contributed by atoms with van der Waals surface area (Å²) in [5.74, 6) is 0.700. The summed E-state index contributed by atoms with van der Waals surface area (Å²) < 4.78 is 5.46. The standard InChI is InChI=1S/C19H25N5O2/c1-18(2)12-20-16(25)19(21-13-18)8-10-24(11-9-19)17-22-15(23-26-17)14-6-4-3-5-7-14/h3-7,21H,8-13H2,1-2H3,(H,20,25). The first-order valence-corrected chi connectivity index (χ1v) is 9.15. The van der Waals surface area contributed by atoms with Crippen LogP contribution < -0.4 is 15.5 Å². The molecule has 0 unspecified atom stereocenters. The third-order valence-corrected chi connectivity index (χ3v) is 5.40.